The molecule has 21 heavy (non-hydrogen) atoms. The summed E-state index contributed by atoms with van der Waals surface area (Å²) in [6.45, 7) is 6.15. The van der Waals surface area contributed by atoms with Gasteiger partial charge in [0.25, 0.3) is 0 Å². The number of Topliss-reactive ketones (excluding diaryl/α,β-unsaturated/α-hetero) is 1. The van der Waals surface area contributed by atoms with Gasteiger partial charge in [0.1, 0.15) is 5.60 Å². The van der Waals surface area contributed by atoms with Crippen LogP contribution < -0.4 is 0 Å². The lowest BCUT2D eigenvalue weighted by molar-refractivity contribution is -0.168. The first-order chi connectivity index (χ1) is 9.94. The third-order valence-electron chi connectivity index (χ3n) is 2.92. The predicted molar refractivity (Wildman–Crippen MR) is 80.8 cm³/mol. The molecule has 0 bridgehead atoms. The number of esters is 1. The molecule has 0 atom stereocenters. The molecule has 0 unspecified atom stereocenters. The summed E-state index contributed by atoms with van der Waals surface area (Å²) in [6.07, 6.45) is 1.83. The van der Waals surface area contributed by atoms with Crippen LogP contribution >= 0.6 is 0 Å². The van der Waals surface area contributed by atoms with Gasteiger partial charge in [-0.15, -0.1) is 0 Å². The molecule has 4 heteroatoms. The lowest BCUT2D eigenvalue weighted by atomic mass is 10.1. The maximum absolute atomic E-state index is 11.7. The summed E-state index contributed by atoms with van der Waals surface area (Å²) in [4.78, 5) is 23.2. The topological polar surface area (TPSA) is 52.6 Å². The standard InChI is InChI=1S/C17H24O4/c1-4-5-11-15(18)16(19)21-17(2,3)13-20-12-14-9-7-6-8-10-14/h6-10H,4-5,11-13H2,1-3H3. The van der Waals surface area contributed by atoms with E-state index in [0.717, 1.165) is 12.0 Å². The Balaban J connectivity index is 2.35. The second kappa shape index (κ2) is 8.57. The Hall–Kier alpha value is -1.68. The minimum Gasteiger partial charge on any atom is -0.451 e. The zero-order chi connectivity index (χ0) is 15.7. The normalized spacial score (nSPS) is 11.2. The lowest BCUT2D eigenvalue weighted by Crippen LogP contribution is -2.36. The van der Waals surface area contributed by atoms with Crippen molar-refractivity contribution in [3.05, 3.63) is 35.9 Å². The van der Waals surface area contributed by atoms with Gasteiger partial charge in [0.05, 0.1) is 13.2 Å². The molecule has 0 spiro atoms. The van der Waals surface area contributed by atoms with Crippen molar-refractivity contribution >= 4 is 11.8 Å². The average molecular weight is 292 g/mol. The summed E-state index contributed by atoms with van der Waals surface area (Å²) in [5.74, 6) is -1.23. The molecule has 0 amide bonds. The minimum absolute atomic E-state index is 0.245. The quantitative estimate of drug-likeness (QED) is 0.518. The molecule has 1 aromatic rings. The van der Waals surface area contributed by atoms with Gasteiger partial charge in [-0.3, -0.25) is 4.79 Å². The molecule has 0 aliphatic heterocycles. The molecule has 0 heterocycles. The largest absolute Gasteiger partial charge is 0.451 e. The van der Waals surface area contributed by atoms with Gasteiger partial charge in [-0.2, -0.15) is 0 Å². The van der Waals surface area contributed by atoms with E-state index in [1.807, 2.05) is 37.3 Å². The SMILES string of the molecule is CCCCC(=O)C(=O)OC(C)(C)COCc1ccccc1. The van der Waals surface area contributed by atoms with Crippen LogP contribution in [0, 0.1) is 0 Å². The van der Waals surface area contributed by atoms with Crippen LogP contribution in [0.3, 0.4) is 0 Å². The Morgan fingerprint density at radius 2 is 1.81 bits per heavy atom. The third kappa shape index (κ3) is 7.04. The molecule has 0 saturated heterocycles. The Kier molecular flexibility index (Phi) is 7.09. The van der Waals surface area contributed by atoms with Gasteiger partial charge >= 0.3 is 5.97 Å². The van der Waals surface area contributed by atoms with Crippen LogP contribution in [0.25, 0.3) is 0 Å². The first-order valence-electron chi connectivity index (χ1n) is 7.32. The average Bonchev–Trinajstić information content (AvgIpc) is 2.45. The van der Waals surface area contributed by atoms with Crippen LogP contribution in [0.5, 0.6) is 0 Å². The molecule has 1 rings (SSSR count). The van der Waals surface area contributed by atoms with E-state index in [2.05, 4.69) is 0 Å². The minimum atomic E-state index is -0.812. The summed E-state index contributed by atoms with van der Waals surface area (Å²) in [5, 5.41) is 0. The summed E-state index contributed by atoms with van der Waals surface area (Å²) in [7, 11) is 0. The van der Waals surface area contributed by atoms with Crippen LogP contribution in [-0.4, -0.2) is 24.0 Å². The van der Waals surface area contributed by atoms with Gasteiger partial charge in [0.15, 0.2) is 0 Å². The van der Waals surface area contributed by atoms with Crippen molar-refractivity contribution in [2.24, 2.45) is 0 Å². The van der Waals surface area contributed by atoms with Crippen LogP contribution in [0.2, 0.25) is 0 Å². The first-order valence-corrected chi connectivity index (χ1v) is 7.32. The fraction of sp³-hybridized carbons (Fsp3) is 0.529. The van der Waals surface area contributed by atoms with Crippen LogP contribution in [-0.2, 0) is 25.7 Å². The summed E-state index contributed by atoms with van der Waals surface area (Å²) in [5.41, 5.74) is 0.243. The second-order valence-electron chi connectivity index (χ2n) is 5.65. The van der Waals surface area contributed by atoms with Crippen molar-refractivity contribution in [2.75, 3.05) is 6.61 Å². The Bertz CT molecular complexity index is 451. The molecule has 0 aliphatic rings. The van der Waals surface area contributed by atoms with E-state index in [4.69, 9.17) is 9.47 Å². The van der Waals surface area contributed by atoms with E-state index < -0.39 is 17.4 Å². The molecule has 0 N–H and O–H groups in total. The lowest BCUT2D eigenvalue weighted by Gasteiger charge is -2.24. The predicted octanol–water partition coefficient (Wildman–Crippen LogP) is 3.28. The molecule has 1 aromatic carbocycles. The Labute approximate surface area is 126 Å². The highest BCUT2D eigenvalue weighted by Crippen LogP contribution is 2.13. The van der Waals surface area contributed by atoms with E-state index in [1.54, 1.807) is 13.8 Å². The van der Waals surface area contributed by atoms with Crippen LogP contribution in [0.15, 0.2) is 30.3 Å². The van der Waals surface area contributed by atoms with Gasteiger partial charge in [0, 0.05) is 6.42 Å². The number of carbonyl (C=O) groups is 2. The number of ketones is 1. The maximum atomic E-state index is 11.7. The number of carbonyl (C=O) groups excluding carboxylic acids is 2. The smallest absolute Gasteiger partial charge is 0.375 e. The van der Waals surface area contributed by atoms with Crippen LogP contribution in [0.4, 0.5) is 0 Å². The molecule has 0 aliphatic carbocycles. The second-order valence-corrected chi connectivity index (χ2v) is 5.65. The van der Waals surface area contributed by atoms with Crippen molar-refractivity contribution in [3.8, 4) is 0 Å². The monoisotopic (exact) mass is 292 g/mol. The number of benzene rings is 1. The van der Waals surface area contributed by atoms with Crippen LogP contribution in [0.1, 0.15) is 45.6 Å². The molecular weight excluding hydrogens is 268 g/mol. The summed E-state index contributed by atoms with van der Waals surface area (Å²) in [6, 6.07) is 9.75. The summed E-state index contributed by atoms with van der Waals surface area (Å²) < 4.78 is 10.8. The Morgan fingerprint density at radius 3 is 2.43 bits per heavy atom. The molecule has 0 fully saturated rings. The van der Waals surface area contributed by atoms with Crippen molar-refractivity contribution in [1.82, 2.24) is 0 Å². The highest BCUT2D eigenvalue weighted by atomic mass is 16.6. The number of hydrogen-bond acceptors (Lipinski definition) is 4. The number of unbranched alkanes of at least 4 members (excludes halogenated alkanes) is 1. The summed E-state index contributed by atoms with van der Waals surface area (Å²) >= 11 is 0. The molecular formula is C17H24O4. The van der Waals surface area contributed by atoms with E-state index in [0.29, 0.717) is 13.0 Å². The highest BCUT2D eigenvalue weighted by molar-refractivity contribution is 6.33. The van der Waals surface area contributed by atoms with Crippen molar-refractivity contribution in [1.29, 1.82) is 0 Å². The molecule has 0 saturated carbocycles. The first kappa shape index (κ1) is 17.4. The van der Waals surface area contributed by atoms with Gasteiger partial charge in [-0.1, -0.05) is 43.7 Å². The number of rotatable bonds is 9. The van der Waals surface area contributed by atoms with Crippen molar-refractivity contribution in [2.45, 2.75) is 52.2 Å². The van der Waals surface area contributed by atoms with Crippen molar-refractivity contribution < 1.29 is 19.1 Å². The maximum Gasteiger partial charge on any atom is 0.375 e. The molecule has 0 radical (unpaired) electrons. The molecule has 4 nitrogen and oxygen atoms in total. The van der Waals surface area contributed by atoms with E-state index in [1.165, 1.54) is 0 Å². The molecule has 116 valence electrons. The van der Waals surface area contributed by atoms with E-state index in [9.17, 15) is 9.59 Å². The van der Waals surface area contributed by atoms with Gasteiger partial charge in [-0.05, 0) is 25.8 Å². The highest BCUT2D eigenvalue weighted by Gasteiger charge is 2.26. The van der Waals surface area contributed by atoms with E-state index >= 15 is 0 Å². The van der Waals surface area contributed by atoms with Gasteiger partial charge in [0.2, 0.25) is 5.78 Å². The third-order valence-corrected chi connectivity index (χ3v) is 2.92. The fourth-order valence-electron chi connectivity index (χ4n) is 1.77. The van der Waals surface area contributed by atoms with Crippen molar-refractivity contribution in [3.63, 3.8) is 0 Å². The van der Waals surface area contributed by atoms with E-state index in [-0.39, 0.29) is 13.0 Å². The molecule has 0 aromatic heterocycles. The zero-order valence-corrected chi connectivity index (χ0v) is 13.1. The number of hydrogen-bond donors (Lipinski definition) is 0. The Morgan fingerprint density at radius 1 is 1.14 bits per heavy atom. The number of ether oxygens (including phenoxy) is 2. The zero-order valence-electron chi connectivity index (χ0n) is 13.1. The van der Waals surface area contributed by atoms with Gasteiger partial charge < -0.3 is 9.47 Å². The van der Waals surface area contributed by atoms with Gasteiger partial charge in [-0.25, -0.2) is 4.79 Å². The fourth-order valence-corrected chi connectivity index (χ4v) is 1.77.